The molecule has 0 saturated carbocycles. The molecule has 1 aliphatic rings. The van der Waals surface area contributed by atoms with Gasteiger partial charge < -0.3 is 15.5 Å². The van der Waals surface area contributed by atoms with Crippen molar-refractivity contribution < 1.29 is 9.59 Å². The van der Waals surface area contributed by atoms with Crippen molar-refractivity contribution in [1.29, 1.82) is 0 Å². The fourth-order valence-corrected chi connectivity index (χ4v) is 3.00. The molecule has 1 aromatic heterocycles. The molecule has 0 radical (unpaired) electrons. The topological polar surface area (TPSA) is 87.2 Å². The SMILES string of the molecule is CC(C)NC(=O)c1ccc(NC(=O)c2nc(N3CCCC3)ncc2Cl)cc1. The Morgan fingerprint density at radius 2 is 1.78 bits per heavy atom. The van der Waals surface area contributed by atoms with Crippen LogP contribution in [-0.2, 0) is 0 Å². The maximum Gasteiger partial charge on any atom is 0.276 e. The number of halogens is 1. The van der Waals surface area contributed by atoms with E-state index in [9.17, 15) is 9.59 Å². The van der Waals surface area contributed by atoms with Crippen LogP contribution in [0.1, 0.15) is 47.5 Å². The standard InChI is InChI=1S/C19H22ClN5O2/c1-12(2)22-17(26)13-5-7-14(8-6-13)23-18(27)16-15(20)11-21-19(24-16)25-9-3-4-10-25/h5-8,11-12H,3-4,9-10H2,1-2H3,(H,22,26)(H,23,27). The molecule has 2 N–H and O–H groups in total. The number of amides is 2. The zero-order chi connectivity index (χ0) is 19.4. The molecule has 142 valence electrons. The van der Waals surface area contributed by atoms with Crippen LogP contribution < -0.4 is 15.5 Å². The fourth-order valence-electron chi connectivity index (χ4n) is 2.83. The van der Waals surface area contributed by atoms with E-state index < -0.39 is 5.91 Å². The van der Waals surface area contributed by atoms with E-state index >= 15 is 0 Å². The Kier molecular flexibility index (Phi) is 5.91. The van der Waals surface area contributed by atoms with Gasteiger partial charge in [0.1, 0.15) is 0 Å². The van der Waals surface area contributed by atoms with Gasteiger partial charge in [-0.1, -0.05) is 11.6 Å². The highest BCUT2D eigenvalue weighted by Crippen LogP contribution is 2.21. The van der Waals surface area contributed by atoms with Crippen molar-refractivity contribution in [1.82, 2.24) is 15.3 Å². The molecule has 1 aliphatic heterocycles. The lowest BCUT2D eigenvalue weighted by atomic mass is 10.2. The van der Waals surface area contributed by atoms with E-state index in [1.807, 2.05) is 18.7 Å². The van der Waals surface area contributed by atoms with E-state index in [2.05, 4.69) is 20.6 Å². The Morgan fingerprint density at radius 3 is 2.41 bits per heavy atom. The molecule has 0 bridgehead atoms. The molecule has 8 heteroatoms. The van der Waals surface area contributed by atoms with Crippen molar-refractivity contribution in [3.05, 3.63) is 46.7 Å². The zero-order valence-electron chi connectivity index (χ0n) is 15.3. The maximum absolute atomic E-state index is 12.6. The zero-order valence-corrected chi connectivity index (χ0v) is 16.1. The van der Waals surface area contributed by atoms with Gasteiger partial charge in [0, 0.05) is 30.4 Å². The van der Waals surface area contributed by atoms with Gasteiger partial charge in [-0.3, -0.25) is 9.59 Å². The molecule has 2 aromatic rings. The molecule has 7 nitrogen and oxygen atoms in total. The molecule has 2 amide bonds. The number of nitrogens with zero attached hydrogens (tertiary/aromatic N) is 3. The third kappa shape index (κ3) is 4.74. The molecule has 3 rings (SSSR count). The highest BCUT2D eigenvalue weighted by Gasteiger charge is 2.20. The van der Waals surface area contributed by atoms with Gasteiger partial charge in [-0.2, -0.15) is 0 Å². The summed E-state index contributed by atoms with van der Waals surface area (Å²) in [5, 5.41) is 5.78. The first kappa shape index (κ1) is 19.1. The van der Waals surface area contributed by atoms with Crippen LogP contribution in [0.3, 0.4) is 0 Å². The molecule has 0 atom stereocenters. The lowest BCUT2D eigenvalue weighted by Crippen LogP contribution is -2.30. The quantitative estimate of drug-likeness (QED) is 0.823. The molecule has 27 heavy (non-hydrogen) atoms. The summed E-state index contributed by atoms with van der Waals surface area (Å²) in [4.78, 5) is 35.2. The predicted octanol–water partition coefficient (Wildman–Crippen LogP) is 3.12. The molecule has 2 heterocycles. The maximum atomic E-state index is 12.6. The van der Waals surface area contributed by atoms with Crippen LogP contribution in [0, 0.1) is 0 Å². The van der Waals surface area contributed by atoms with Gasteiger partial charge in [-0.05, 0) is 51.0 Å². The highest BCUT2D eigenvalue weighted by atomic mass is 35.5. The Bertz CT molecular complexity index is 832. The summed E-state index contributed by atoms with van der Waals surface area (Å²) in [6.07, 6.45) is 3.63. The van der Waals surface area contributed by atoms with Crippen LogP contribution in [0.5, 0.6) is 0 Å². The molecule has 1 aromatic carbocycles. The number of rotatable bonds is 5. The largest absolute Gasteiger partial charge is 0.350 e. The summed E-state index contributed by atoms with van der Waals surface area (Å²) in [7, 11) is 0. The smallest absolute Gasteiger partial charge is 0.276 e. The Hall–Kier alpha value is -2.67. The normalized spacial score (nSPS) is 13.7. The van der Waals surface area contributed by atoms with Gasteiger partial charge in [-0.15, -0.1) is 0 Å². The highest BCUT2D eigenvalue weighted by molar-refractivity contribution is 6.34. The minimum atomic E-state index is -0.415. The van der Waals surface area contributed by atoms with Crippen LogP contribution >= 0.6 is 11.6 Å². The average molecular weight is 388 g/mol. The summed E-state index contributed by atoms with van der Waals surface area (Å²) in [5.74, 6) is -0.0537. The van der Waals surface area contributed by atoms with Crippen LogP contribution in [-0.4, -0.2) is 40.9 Å². The summed E-state index contributed by atoms with van der Waals surface area (Å²) in [6.45, 7) is 5.55. The minimum absolute atomic E-state index is 0.0570. The van der Waals surface area contributed by atoms with Crippen LogP contribution in [0.15, 0.2) is 30.5 Å². The molecule has 0 unspecified atom stereocenters. The minimum Gasteiger partial charge on any atom is -0.350 e. The van der Waals surface area contributed by atoms with Crippen molar-refractivity contribution in [2.24, 2.45) is 0 Å². The van der Waals surface area contributed by atoms with E-state index in [4.69, 9.17) is 11.6 Å². The third-order valence-electron chi connectivity index (χ3n) is 4.16. The number of hydrogen-bond acceptors (Lipinski definition) is 5. The lowest BCUT2D eigenvalue weighted by molar-refractivity contribution is 0.0942. The fraction of sp³-hybridized carbons (Fsp3) is 0.368. The van der Waals surface area contributed by atoms with Crippen molar-refractivity contribution >= 4 is 35.1 Å². The van der Waals surface area contributed by atoms with Gasteiger partial charge in [-0.25, -0.2) is 9.97 Å². The van der Waals surface area contributed by atoms with Gasteiger partial charge in [0.15, 0.2) is 5.69 Å². The van der Waals surface area contributed by atoms with E-state index in [0.29, 0.717) is 17.2 Å². The first-order chi connectivity index (χ1) is 12.9. The summed E-state index contributed by atoms with van der Waals surface area (Å²) >= 11 is 6.12. The summed E-state index contributed by atoms with van der Waals surface area (Å²) in [6, 6.07) is 6.71. The number of carbonyl (C=O) groups is 2. The number of carbonyl (C=O) groups excluding carboxylic acids is 2. The van der Waals surface area contributed by atoms with Gasteiger partial charge in [0.25, 0.3) is 11.8 Å². The monoisotopic (exact) mass is 387 g/mol. The average Bonchev–Trinajstić information content (AvgIpc) is 3.16. The van der Waals surface area contributed by atoms with E-state index in [-0.39, 0.29) is 22.7 Å². The summed E-state index contributed by atoms with van der Waals surface area (Å²) in [5.41, 5.74) is 1.21. The molecular weight excluding hydrogens is 366 g/mol. The van der Waals surface area contributed by atoms with E-state index in [1.54, 1.807) is 24.3 Å². The van der Waals surface area contributed by atoms with Gasteiger partial charge >= 0.3 is 0 Å². The first-order valence-corrected chi connectivity index (χ1v) is 9.31. The number of aromatic nitrogens is 2. The van der Waals surface area contributed by atoms with Crippen LogP contribution in [0.25, 0.3) is 0 Å². The first-order valence-electron chi connectivity index (χ1n) is 8.94. The van der Waals surface area contributed by atoms with Crippen molar-refractivity contribution in [2.45, 2.75) is 32.7 Å². The number of hydrogen-bond donors (Lipinski definition) is 2. The van der Waals surface area contributed by atoms with Gasteiger partial charge in [0.2, 0.25) is 5.95 Å². The Balaban J connectivity index is 1.71. The molecule has 1 saturated heterocycles. The number of nitrogens with one attached hydrogen (secondary N) is 2. The second-order valence-corrected chi connectivity index (χ2v) is 7.13. The van der Waals surface area contributed by atoms with E-state index in [0.717, 1.165) is 25.9 Å². The Labute approximate surface area is 163 Å². The van der Waals surface area contributed by atoms with Crippen molar-refractivity contribution in [2.75, 3.05) is 23.3 Å². The molecule has 1 fully saturated rings. The molecular formula is C19H22ClN5O2. The second-order valence-electron chi connectivity index (χ2n) is 6.72. The van der Waals surface area contributed by atoms with E-state index in [1.165, 1.54) is 6.20 Å². The predicted molar refractivity (Wildman–Crippen MR) is 105 cm³/mol. The van der Waals surface area contributed by atoms with Crippen molar-refractivity contribution in [3.63, 3.8) is 0 Å². The van der Waals surface area contributed by atoms with Crippen molar-refractivity contribution in [3.8, 4) is 0 Å². The van der Waals surface area contributed by atoms with Crippen LogP contribution in [0.2, 0.25) is 5.02 Å². The van der Waals surface area contributed by atoms with Gasteiger partial charge in [0.05, 0.1) is 11.2 Å². The lowest BCUT2D eigenvalue weighted by Gasteiger charge is -2.16. The molecule has 0 aliphatic carbocycles. The third-order valence-corrected chi connectivity index (χ3v) is 4.44. The summed E-state index contributed by atoms with van der Waals surface area (Å²) < 4.78 is 0. The van der Waals surface area contributed by atoms with Crippen LogP contribution in [0.4, 0.5) is 11.6 Å². The molecule has 0 spiro atoms. The second kappa shape index (κ2) is 8.35. The Morgan fingerprint density at radius 1 is 1.11 bits per heavy atom. The number of anilines is 2. The number of benzene rings is 1.